The lowest BCUT2D eigenvalue weighted by molar-refractivity contribution is -0.123. The highest BCUT2D eigenvalue weighted by Crippen LogP contribution is 2.25. The second-order valence-electron chi connectivity index (χ2n) is 6.14. The number of carbonyl (C=O) groups excluding carboxylic acids is 2. The van der Waals surface area contributed by atoms with Crippen LogP contribution in [0.3, 0.4) is 0 Å². The number of hydrogen-bond donors (Lipinski definition) is 2. The van der Waals surface area contributed by atoms with E-state index in [2.05, 4.69) is 10.6 Å². The quantitative estimate of drug-likeness (QED) is 0.710. The predicted octanol–water partition coefficient (Wildman–Crippen LogP) is 3.33. The van der Waals surface area contributed by atoms with Crippen molar-refractivity contribution in [1.29, 1.82) is 0 Å². The number of rotatable bonds is 7. The zero-order chi connectivity index (χ0) is 20.0. The minimum atomic E-state index is -0.693. The second kappa shape index (κ2) is 9.37. The summed E-state index contributed by atoms with van der Waals surface area (Å²) in [6, 6.07) is 7.97. The molecule has 144 valence electrons. The Hall–Kier alpha value is -2.60. The Morgan fingerprint density at radius 2 is 1.70 bits per heavy atom. The number of carbonyl (C=O) groups is 2. The summed E-state index contributed by atoms with van der Waals surface area (Å²) in [6.07, 6.45) is 0. The maximum absolute atomic E-state index is 13.7. The third-order valence-electron chi connectivity index (χ3n) is 4.14. The van der Waals surface area contributed by atoms with E-state index in [4.69, 9.17) is 16.3 Å². The molecular weight excluding hydrogens is 371 g/mol. The number of ether oxygens (including phenoxy) is 1. The van der Waals surface area contributed by atoms with Gasteiger partial charge in [0.2, 0.25) is 0 Å². The summed E-state index contributed by atoms with van der Waals surface area (Å²) in [6.45, 7) is 6.04. The molecule has 2 aromatic carbocycles. The molecule has 0 spiro atoms. The SMILES string of the molecule is Cc1ccc(C)c(OCC(=O)NCCNC(=O)c2c(F)cccc2Cl)c1C. The summed E-state index contributed by atoms with van der Waals surface area (Å²) in [4.78, 5) is 23.9. The smallest absolute Gasteiger partial charge is 0.258 e. The van der Waals surface area contributed by atoms with Crippen molar-refractivity contribution in [3.63, 3.8) is 0 Å². The van der Waals surface area contributed by atoms with Crippen molar-refractivity contribution in [3.8, 4) is 5.75 Å². The Kier molecular flexibility index (Phi) is 7.19. The van der Waals surface area contributed by atoms with Gasteiger partial charge in [-0.3, -0.25) is 9.59 Å². The van der Waals surface area contributed by atoms with E-state index in [1.807, 2.05) is 32.9 Å². The maximum atomic E-state index is 13.7. The third-order valence-corrected chi connectivity index (χ3v) is 4.46. The Morgan fingerprint density at radius 3 is 2.41 bits per heavy atom. The highest BCUT2D eigenvalue weighted by Gasteiger charge is 2.15. The molecule has 0 radical (unpaired) electrons. The Bertz CT molecular complexity index is 835. The molecule has 0 heterocycles. The molecule has 0 atom stereocenters. The Balaban J connectivity index is 1.77. The summed E-state index contributed by atoms with van der Waals surface area (Å²) >= 11 is 5.84. The lowest BCUT2D eigenvalue weighted by Gasteiger charge is -2.14. The van der Waals surface area contributed by atoms with Crippen LogP contribution in [0, 0.1) is 26.6 Å². The number of amides is 2. The van der Waals surface area contributed by atoms with Crippen LogP contribution >= 0.6 is 11.6 Å². The minimum Gasteiger partial charge on any atom is -0.483 e. The van der Waals surface area contributed by atoms with Gasteiger partial charge in [0.15, 0.2) is 6.61 Å². The maximum Gasteiger partial charge on any atom is 0.258 e. The lowest BCUT2D eigenvalue weighted by atomic mass is 10.1. The van der Waals surface area contributed by atoms with Gasteiger partial charge in [-0.15, -0.1) is 0 Å². The molecule has 2 N–H and O–H groups in total. The van der Waals surface area contributed by atoms with Crippen LogP contribution in [-0.4, -0.2) is 31.5 Å². The van der Waals surface area contributed by atoms with Gasteiger partial charge in [-0.1, -0.05) is 29.8 Å². The van der Waals surface area contributed by atoms with Gasteiger partial charge in [0.05, 0.1) is 10.6 Å². The van der Waals surface area contributed by atoms with Crippen molar-refractivity contribution in [2.75, 3.05) is 19.7 Å². The van der Waals surface area contributed by atoms with Gasteiger partial charge in [-0.25, -0.2) is 4.39 Å². The molecule has 2 aromatic rings. The van der Waals surface area contributed by atoms with Gasteiger partial charge in [0.1, 0.15) is 11.6 Å². The fraction of sp³-hybridized carbons (Fsp3) is 0.300. The molecule has 0 fully saturated rings. The number of benzene rings is 2. The largest absolute Gasteiger partial charge is 0.483 e. The summed E-state index contributed by atoms with van der Waals surface area (Å²) in [5.74, 6) is -0.933. The topological polar surface area (TPSA) is 67.4 Å². The Morgan fingerprint density at radius 1 is 1.04 bits per heavy atom. The predicted molar refractivity (Wildman–Crippen MR) is 103 cm³/mol. The van der Waals surface area contributed by atoms with Crippen molar-refractivity contribution in [3.05, 3.63) is 63.4 Å². The molecule has 0 aliphatic carbocycles. The van der Waals surface area contributed by atoms with Gasteiger partial charge in [-0.05, 0) is 49.6 Å². The zero-order valence-electron chi connectivity index (χ0n) is 15.5. The van der Waals surface area contributed by atoms with E-state index in [0.717, 1.165) is 22.8 Å². The number of halogens is 2. The molecule has 0 aliphatic heterocycles. The second-order valence-corrected chi connectivity index (χ2v) is 6.55. The van der Waals surface area contributed by atoms with Crippen molar-refractivity contribution in [1.82, 2.24) is 10.6 Å². The van der Waals surface area contributed by atoms with Crippen LogP contribution in [0.25, 0.3) is 0 Å². The first-order valence-corrected chi connectivity index (χ1v) is 8.87. The molecule has 2 rings (SSSR count). The summed E-state index contributed by atoms with van der Waals surface area (Å²) in [5, 5.41) is 5.19. The highest BCUT2D eigenvalue weighted by atomic mass is 35.5. The molecule has 0 aromatic heterocycles. The molecular formula is C20H22ClFN2O3. The van der Waals surface area contributed by atoms with Crippen LogP contribution in [0.5, 0.6) is 5.75 Å². The third kappa shape index (κ3) is 5.44. The van der Waals surface area contributed by atoms with E-state index >= 15 is 0 Å². The fourth-order valence-electron chi connectivity index (χ4n) is 2.52. The zero-order valence-corrected chi connectivity index (χ0v) is 16.2. The molecule has 0 aliphatic rings. The van der Waals surface area contributed by atoms with Crippen molar-refractivity contribution in [2.45, 2.75) is 20.8 Å². The van der Waals surface area contributed by atoms with E-state index in [1.54, 1.807) is 0 Å². The molecule has 0 bridgehead atoms. The van der Waals surface area contributed by atoms with E-state index in [9.17, 15) is 14.0 Å². The van der Waals surface area contributed by atoms with E-state index in [0.29, 0.717) is 5.75 Å². The van der Waals surface area contributed by atoms with Gasteiger partial charge >= 0.3 is 0 Å². The van der Waals surface area contributed by atoms with Gasteiger partial charge < -0.3 is 15.4 Å². The number of nitrogens with one attached hydrogen (secondary N) is 2. The first-order valence-electron chi connectivity index (χ1n) is 8.49. The van der Waals surface area contributed by atoms with Gasteiger partial charge in [-0.2, -0.15) is 0 Å². The average Bonchev–Trinajstić information content (AvgIpc) is 2.62. The van der Waals surface area contributed by atoms with Crippen LogP contribution < -0.4 is 15.4 Å². The monoisotopic (exact) mass is 392 g/mol. The average molecular weight is 393 g/mol. The molecule has 7 heteroatoms. The number of aryl methyl sites for hydroxylation is 2. The fourth-order valence-corrected chi connectivity index (χ4v) is 2.77. The lowest BCUT2D eigenvalue weighted by Crippen LogP contribution is -2.37. The normalized spacial score (nSPS) is 10.4. The summed E-state index contributed by atoms with van der Waals surface area (Å²) < 4.78 is 19.3. The van der Waals surface area contributed by atoms with Crippen molar-refractivity contribution in [2.24, 2.45) is 0 Å². The van der Waals surface area contributed by atoms with E-state index < -0.39 is 11.7 Å². The molecule has 2 amide bonds. The molecule has 27 heavy (non-hydrogen) atoms. The van der Waals surface area contributed by atoms with Crippen LogP contribution in [0.4, 0.5) is 4.39 Å². The van der Waals surface area contributed by atoms with Crippen LogP contribution in [0.1, 0.15) is 27.0 Å². The first kappa shape index (κ1) is 20.7. The minimum absolute atomic E-state index is 0.0360. The standard InChI is InChI=1S/C20H22ClFN2O3/c1-12-7-8-13(2)19(14(12)3)27-11-17(25)23-9-10-24-20(26)18-15(21)5-4-6-16(18)22/h4-8H,9-11H2,1-3H3,(H,23,25)(H,24,26). The molecule has 0 saturated heterocycles. The first-order chi connectivity index (χ1) is 12.8. The van der Waals surface area contributed by atoms with Crippen LogP contribution in [-0.2, 0) is 4.79 Å². The molecule has 0 unspecified atom stereocenters. The molecule has 5 nitrogen and oxygen atoms in total. The summed E-state index contributed by atoms with van der Waals surface area (Å²) in [5.41, 5.74) is 2.83. The molecule has 0 saturated carbocycles. The van der Waals surface area contributed by atoms with Crippen molar-refractivity contribution < 1.29 is 18.7 Å². The van der Waals surface area contributed by atoms with E-state index in [-0.39, 0.29) is 36.2 Å². The van der Waals surface area contributed by atoms with E-state index in [1.165, 1.54) is 12.1 Å². The number of hydrogen-bond acceptors (Lipinski definition) is 3. The van der Waals surface area contributed by atoms with Crippen LogP contribution in [0.2, 0.25) is 5.02 Å². The van der Waals surface area contributed by atoms with Gasteiger partial charge in [0.25, 0.3) is 11.8 Å². The highest BCUT2D eigenvalue weighted by molar-refractivity contribution is 6.33. The van der Waals surface area contributed by atoms with Crippen molar-refractivity contribution >= 4 is 23.4 Å². The van der Waals surface area contributed by atoms with Gasteiger partial charge in [0, 0.05) is 13.1 Å². The van der Waals surface area contributed by atoms with Crippen LogP contribution in [0.15, 0.2) is 30.3 Å². The summed E-state index contributed by atoms with van der Waals surface area (Å²) in [7, 11) is 0. The Labute approximate surface area is 162 Å².